The molecular formula is C16H29N3O2. The number of anilines is 1. The SMILES string of the molecule is CCCc1cc(CN)cc(N(CCCOC)CCOC)n1. The van der Waals surface area contributed by atoms with Crippen molar-refractivity contribution in [1.29, 1.82) is 0 Å². The molecule has 5 heteroatoms. The minimum atomic E-state index is 0.544. The Morgan fingerprint density at radius 3 is 2.52 bits per heavy atom. The van der Waals surface area contributed by atoms with Crippen LogP contribution in [0.25, 0.3) is 0 Å². The molecule has 0 unspecified atom stereocenters. The Labute approximate surface area is 128 Å². The van der Waals surface area contributed by atoms with Gasteiger partial charge >= 0.3 is 0 Å². The number of nitrogens with two attached hydrogens (primary N) is 1. The average Bonchev–Trinajstić information content (AvgIpc) is 2.50. The fourth-order valence-electron chi connectivity index (χ4n) is 2.24. The number of aromatic nitrogens is 1. The van der Waals surface area contributed by atoms with E-state index < -0.39 is 0 Å². The van der Waals surface area contributed by atoms with Crippen LogP contribution in [0.5, 0.6) is 0 Å². The third-order valence-corrected chi connectivity index (χ3v) is 3.33. The molecule has 0 radical (unpaired) electrons. The number of pyridine rings is 1. The topological polar surface area (TPSA) is 60.6 Å². The standard InChI is InChI=1S/C16H29N3O2/c1-4-6-15-11-14(13-17)12-16(18-15)19(8-10-21-3)7-5-9-20-2/h11-12H,4-10,13,17H2,1-3H3. The lowest BCUT2D eigenvalue weighted by Crippen LogP contribution is -2.30. The first-order valence-corrected chi connectivity index (χ1v) is 7.67. The van der Waals surface area contributed by atoms with Crippen molar-refractivity contribution in [3.63, 3.8) is 0 Å². The van der Waals surface area contributed by atoms with Crippen molar-refractivity contribution in [2.45, 2.75) is 32.7 Å². The van der Waals surface area contributed by atoms with Gasteiger partial charge in [-0.1, -0.05) is 13.3 Å². The van der Waals surface area contributed by atoms with E-state index in [0.29, 0.717) is 13.2 Å². The maximum absolute atomic E-state index is 5.81. The van der Waals surface area contributed by atoms with Crippen LogP contribution in [0.3, 0.4) is 0 Å². The number of aryl methyl sites for hydroxylation is 1. The lowest BCUT2D eigenvalue weighted by Gasteiger charge is -2.24. The Morgan fingerprint density at radius 1 is 1.14 bits per heavy atom. The van der Waals surface area contributed by atoms with Crippen LogP contribution in [-0.2, 0) is 22.4 Å². The molecule has 1 aromatic heterocycles. The molecule has 0 atom stereocenters. The minimum Gasteiger partial charge on any atom is -0.385 e. The van der Waals surface area contributed by atoms with Gasteiger partial charge in [-0.2, -0.15) is 0 Å². The summed E-state index contributed by atoms with van der Waals surface area (Å²) in [4.78, 5) is 7.03. The molecule has 0 fully saturated rings. The van der Waals surface area contributed by atoms with Gasteiger partial charge in [0.25, 0.3) is 0 Å². The van der Waals surface area contributed by atoms with Crippen molar-refractivity contribution in [3.8, 4) is 0 Å². The Hall–Kier alpha value is -1.17. The van der Waals surface area contributed by atoms with E-state index in [1.54, 1.807) is 14.2 Å². The lowest BCUT2D eigenvalue weighted by atomic mass is 10.1. The van der Waals surface area contributed by atoms with Crippen molar-refractivity contribution in [2.75, 3.05) is 45.4 Å². The van der Waals surface area contributed by atoms with Crippen LogP contribution in [0.15, 0.2) is 12.1 Å². The van der Waals surface area contributed by atoms with Crippen molar-refractivity contribution in [3.05, 3.63) is 23.4 Å². The number of methoxy groups -OCH3 is 2. The summed E-state index contributed by atoms with van der Waals surface area (Å²) < 4.78 is 10.4. The van der Waals surface area contributed by atoms with Gasteiger partial charge in [-0.05, 0) is 30.5 Å². The number of ether oxygens (including phenoxy) is 2. The summed E-state index contributed by atoms with van der Waals surface area (Å²) in [5.41, 5.74) is 8.07. The van der Waals surface area contributed by atoms with E-state index in [0.717, 1.165) is 56.0 Å². The van der Waals surface area contributed by atoms with Crippen LogP contribution >= 0.6 is 0 Å². The molecule has 120 valence electrons. The van der Waals surface area contributed by atoms with Gasteiger partial charge in [-0.25, -0.2) is 4.98 Å². The van der Waals surface area contributed by atoms with Gasteiger partial charge in [-0.3, -0.25) is 0 Å². The molecule has 21 heavy (non-hydrogen) atoms. The predicted octanol–water partition coefficient (Wildman–Crippen LogP) is 1.98. The van der Waals surface area contributed by atoms with Gasteiger partial charge in [0.2, 0.25) is 0 Å². The number of hydrogen-bond acceptors (Lipinski definition) is 5. The second-order valence-corrected chi connectivity index (χ2v) is 5.11. The summed E-state index contributed by atoms with van der Waals surface area (Å²) in [6, 6.07) is 4.19. The Bertz CT molecular complexity index is 399. The lowest BCUT2D eigenvalue weighted by molar-refractivity contribution is 0.191. The molecule has 1 aromatic rings. The molecule has 0 saturated heterocycles. The quantitative estimate of drug-likeness (QED) is 0.633. The fraction of sp³-hybridized carbons (Fsp3) is 0.688. The molecule has 0 aromatic carbocycles. The molecular weight excluding hydrogens is 266 g/mol. The van der Waals surface area contributed by atoms with Gasteiger partial charge in [-0.15, -0.1) is 0 Å². The first kappa shape index (κ1) is 17.9. The molecule has 0 saturated carbocycles. The molecule has 0 aliphatic carbocycles. The minimum absolute atomic E-state index is 0.544. The fourth-order valence-corrected chi connectivity index (χ4v) is 2.24. The molecule has 1 heterocycles. The van der Waals surface area contributed by atoms with Crippen molar-refractivity contribution in [2.24, 2.45) is 5.73 Å². The number of hydrogen-bond donors (Lipinski definition) is 1. The Morgan fingerprint density at radius 2 is 1.90 bits per heavy atom. The highest BCUT2D eigenvalue weighted by atomic mass is 16.5. The third-order valence-electron chi connectivity index (χ3n) is 3.33. The van der Waals surface area contributed by atoms with E-state index in [-0.39, 0.29) is 0 Å². The van der Waals surface area contributed by atoms with Gasteiger partial charge in [0, 0.05) is 46.2 Å². The first-order valence-electron chi connectivity index (χ1n) is 7.67. The highest BCUT2D eigenvalue weighted by Crippen LogP contribution is 2.16. The van der Waals surface area contributed by atoms with Crippen LogP contribution in [0.1, 0.15) is 31.0 Å². The van der Waals surface area contributed by atoms with E-state index in [1.165, 1.54) is 0 Å². The molecule has 1 rings (SSSR count). The predicted molar refractivity (Wildman–Crippen MR) is 86.7 cm³/mol. The van der Waals surface area contributed by atoms with Crippen LogP contribution in [0.2, 0.25) is 0 Å². The van der Waals surface area contributed by atoms with Crippen molar-refractivity contribution in [1.82, 2.24) is 4.98 Å². The van der Waals surface area contributed by atoms with Gasteiger partial charge < -0.3 is 20.1 Å². The maximum Gasteiger partial charge on any atom is 0.129 e. The summed E-state index contributed by atoms with van der Waals surface area (Å²) in [5.74, 6) is 0.995. The smallest absolute Gasteiger partial charge is 0.129 e. The molecule has 0 bridgehead atoms. The highest BCUT2D eigenvalue weighted by molar-refractivity contribution is 5.43. The molecule has 5 nitrogen and oxygen atoms in total. The third kappa shape index (κ3) is 6.42. The maximum atomic E-state index is 5.81. The van der Waals surface area contributed by atoms with Crippen LogP contribution < -0.4 is 10.6 Å². The molecule has 0 spiro atoms. The molecule has 2 N–H and O–H groups in total. The molecule has 0 aliphatic rings. The zero-order chi connectivity index (χ0) is 15.5. The summed E-state index contributed by atoms with van der Waals surface area (Å²) >= 11 is 0. The van der Waals surface area contributed by atoms with E-state index in [4.69, 9.17) is 20.2 Å². The second-order valence-electron chi connectivity index (χ2n) is 5.11. The Kier molecular flexibility index (Phi) is 8.98. The van der Waals surface area contributed by atoms with Crippen LogP contribution in [0.4, 0.5) is 5.82 Å². The van der Waals surface area contributed by atoms with Gasteiger partial charge in [0.15, 0.2) is 0 Å². The molecule has 0 aliphatic heterocycles. The largest absolute Gasteiger partial charge is 0.385 e. The van der Waals surface area contributed by atoms with E-state index >= 15 is 0 Å². The second kappa shape index (κ2) is 10.5. The Balaban J connectivity index is 2.89. The summed E-state index contributed by atoms with van der Waals surface area (Å²) in [6.07, 6.45) is 3.04. The van der Waals surface area contributed by atoms with Gasteiger partial charge in [0.05, 0.1) is 6.61 Å². The first-order chi connectivity index (χ1) is 10.2. The zero-order valence-electron chi connectivity index (χ0n) is 13.6. The zero-order valence-corrected chi connectivity index (χ0v) is 13.6. The van der Waals surface area contributed by atoms with Crippen molar-refractivity contribution >= 4 is 5.82 Å². The summed E-state index contributed by atoms with van der Waals surface area (Å²) in [6.45, 7) is 5.88. The highest BCUT2D eigenvalue weighted by Gasteiger charge is 2.10. The molecule has 0 amide bonds. The van der Waals surface area contributed by atoms with Crippen LogP contribution in [-0.4, -0.2) is 45.5 Å². The number of nitrogens with zero attached hydrogens (tertiary/aromatic N) is 2. The van der Waals surface area contributed by atoms with E-state index in [2.05, 4.69) is 24.0 Å². The average molecular weight is 295 g/mol. The van der Waals surface area contributed by atoms with Crippen molar-refractivity contribution < 1.29 is 9.47 Å². The summed E-state index contributed by atoms with van der Waals surface area (Å²) in [7, 11) is 3.45. The summed E-state index contributed by atoms with van der Waals surface area (Å²) in [5, 5.41) is 0. The van der Waals surface area contributed by atoms with Crippen LogP contribution in [0, 0.1) is 0 Å². The van der Waals surface area contributed by atoms with E-state index in [1.807, 2.05) is 0 Å². The monoisotopic (exact) mass is 295 g/mol. The van der Waals surface area contributed by atoms with Gasteiger partial charge in [0.1, 0.15) is 5.82 Å². The van der Waals surface area contributed by atoms with E-state index in [9.17, 15) is 0 Å². The number of rotatable bonds is 11. The normalized spacial score (nSPS) is 10.9.